The fraction of sp³-hybridized carbons (Fsp3) is 0.150. The quantitative estimate of drug-likeness (QED) is 0.627. The molecule has 0 N–H and O–H groups in total. The standard InChI is InChI=1S/C20H18N2O3S/c1-3-13-22(26(23,24)19-11-9-16(2)10-12-19)15-18-14-20(21-25-18)17-7-5-4-6-8-17/h1,4-12,14H,13,15H2,2H3. The molecule has 3 aromatic rings. The second-order valence-corrected chi connectivity index (χ2v) is 7.77. The van der Waals surface area contributed by atoms with E-state index in [1.807, 2.05) is 37.3 Å². The van der Waals surface area contributed by atoms with E-state index in [1.165, 1.54) is 4.31 Å². The number of nitrogens with zero attached hydrogens (tertiary/aromatic N) is 2. The van der Waals surface area contributed by atoms with Crippen molar-refractivity contribution in [1.29, 1.82) is 0 Å². The molecule has 2 aromatic carbocycles. The first kappa shape index (κ1) is 17.9. The summed E-state index contributed by atoms with van der Waals surface area (Å²) in [7, 11) is -3.73. The van der Waals surface area contributed by atoms with Gasteiger partial charge in [-0.05, 0) is 19.1 Å². The van der Waals surface area contributed by atoms with Gasteiger partial charge in [-0.25, -0.2) is 8.42 Å². The number of rotatable bonds is 6. The van der Waals surface area contributed by atoms with E-state index < -0.39 is 10.0 Å². The largest absolute Gasteiger partial charge is 0.359 e. The van der Waals surface area contributed by atoms with Gasteiger partial charge in [-0.15, -0.1) is 6.42 Å². The van der Waals surface area contributed by atoms with Crippen molar-refractivity contribution in [2.24, 2.45) is 0 Å². The summed E-state index contributed by atoms with van der Waals surface area (Å²) in [6, 6.07) is 17.9. The van der Waals surface area contributed by atoms with Gasteiger partial charge in [0.1, 0.15) is 5.69 Å². The van der Waals surface area contributed by atoms with Crippen LogP contribution >= 0.6 is 0 Å². The Balaban J connectivity index is 1.86. The molecule has 26 heavy (non-hydrogen) atoms. The molecule has 6 heteroatoms. The lowest BCUT2D eigenvalue weighted by Gasteiger charge is -2.18. The number of hydrogen-bond acceptors (Lipinski definition) is 4. The molecule has 1 aromatic heterocycles. The van der Waals surface area contributed by atoms with Crippen molar-refractivity contribution in [3.63, 3.8) is 0 Å². The first-order valence-corrected chi connectivity index (χ1v) is 9.46. The average molecular weight is 366 g/mol. The van der Waals surface area contributed by atoms with E-state index in [0.717, 1.165) is 11.1 Å². The molecule has 0 aliphatic carbocycles. The highest BCUT2D eigenvalue weighted by Gasteiger charge is 2.25. The molecule has 0 spiro atoms. The third-order valence-electron chi connectivity index (χ3n) is 3.89. The Hall–Kier alpha value is -2.88. The SMILES string of the molecule is C#CCN(Cc1cc(-c2ccccc2)no1)S(=O)(=O)c1ccc(C)cc1. The van der Waals surface area contributed by atoms with Gasteiger partial charge in [0.05, 0.1) is 18.0 Å². The van der Waals surface area contributed by atoms with Crippen LogP contribution in [0, 0.1) is 19.3 Å². The Morgan fingerprint density at radius 2 is 1.81 bits per heavy atom. The summed E-state index contributed by atoms with van der Waals surface area (Å²) in [4.78, 5) is 0.196. The molecule has 0 fully saturated rings. The Bertz CT molecular complexity index is 1020. The lowest BCUT2D eigenvalue weighted by atomic mass is 10.1. The summed E-state index contributed by atoms with van der Waals surface area (Å²) in [5.74, 6) is 2.82. The highest BCUT2D eigenvalue weighted by molar-refractivity contribution is 7.89. The van der Waals surface area contributed by atoms with Crippen molar-refractivity contribution in [3.8, 4) is 23.6 Å². The smallest absolute Gasteiger partial charge is 0.244 e. The van der Waals surface area contributed by atoms with Crippen LogP contribution in [0.5, 0.6) is 0 Å². The van der Waals surface area contributed by atoms with Gasteiger partial charge in [-0.1, -0.05) is 59.1 Å². The highest BCUT2D eigenvalue weighted by Crippen LogP contribution is 2.22. The number of terminal acetylenes is 1. The summed E-state index contributed by atoms with van der Waals surface area (Å²) in [5, 5.41) is 4.02. The van der Waals surface area contributed by atoms with Crippen LogP contribution in [0.15, 0.2) is 70.1 Å². The number of aromatic nitrogens is 1. The maximum absolute atomic E-state index is 12.9. The van der Waals surface area contributed by atoms with Crippen LogP contribution in [0.1, 0.15) is 11.3 Å². The third kappa shape index (κ3) is 3.85. The minimum Gasteiger partial charge on any atom is -0.359 e. The summed E-state index contributed by atoms with van der Waals surface area (Å²) < 4.78 is 32.3. The van der Waals surface area contributed by atoms with Gasteiger partial charge in [0.25, 0.3) is 0 Å². The molecule has 3 rings (SSSR count). The molecule has 0 atom stereocenters. The Morgan fingerprint density at radius 1 is 1.12 bits per heavy atom. The van der Waals surface area contributed by atoms with Crippen molar-refractivity contribution < 1.29 is 12.9 Å². The maximum Gasteiger partial charge on any atom is 0.244 e. The fourth-order valence-corrected chi connectivity index (χ4v) is 3.81. The van der Waals surface area contributed by atoms with Gasteiger partial charge in [-0.2, -0.15) is 4.31 Å². The molecule has 0 saturated heterocycles. The van der Waals surface area contributed by atoms with Crippen molar-refractivity contribution in [3.05, 3.63) is 72.0 Å². The van der Waals surface area contributed by atoms with Crippen LogP contribution in [0.25, 0.3) is 11.3 Å². The second-order valence-electron chi connectivity index (χ2n) is 5.83. The lowest BCUT2D eigenvalue weighted by molar-refractivity contribution is 0.336. The van der Waals surface area contributed by atoms with Crippen molar-refractivity contribution >= 4 is 10.0 Å². The van der Waals surface area contributed by atoms with Crippen LogP contribution in [0.3, 0.4) is 0 Å². The Morgan fingerprint density at radius 3 is 2.46 bits per heavy atom. The molecule has 0 bridgehead atoms. The second kappa shape index (κ2) is 7.56. The van der Waals surface area contributed by atoms with Crippen LogP contribution in [-0.2, 0) is 16.6 Å². The van der Waals surface area contributed by atoms with E-state index in [9.17, 15) is 8.42 Å². The van der Waals surface area contributed by atoms with Crippen molar-refractivity contribution in [1.82, 2.24) is 9.46 Å². The number of benzene rings is 2. The van der Waals surface area contributed by atoms with E-state index in [0.29, 0.717) is 11.5 Å². The minimum absolute atomic E-state index is 0.0141. The maximum atomic E-state index is 12.9. The van der Waals surface area contributed by atoms with E-state index >= 15 is 0 Å². The van der Waals surface area contributed by atoms with Crippen LogP contribution < -0.4 is 0 Å². The topological polar surface area (TPSA) is 63.4 Å². The molecule has 0 amide bonds. The first-order chi connectivity index (χ1) is 12.5. The number of sulfonamides is 1. The van der Waals surface area contributed by atoms with Gasteiger partial charge in [-0.3, -0.25) is 0 Å². The van der Waals surface area contributed by atoms with E-state index in [1.54, 1.807) is 30.3 Å². The summed E-state index contributed by atoms with van der Waals surface area (Å²) in [6.07, 6.45) is 5.38. The van der Waals surface area contributed by atoms with E-state index in [-0.39, 0.29) is 18.0 Å². The minimum atomic E-state index is -3.73. The third-order valence-corrected chi connectivity index (χ3v) is 5.69. The summed E-state index contributed by atoms with van der Waals surface area (Å²) >= 11 is 0. The van der Waals surface area contributed by atoms with Crippen molar-refractivity contribution in [2.45, 2.75) is 18.4 Å². The van der Waals surface area contributed by atoms with Gasteiger partial charge < -0.3 is 4.52 Å². The van der Waals surface area contributed by atoms with Crippen LogP contribution in [0.4, 0.5) is 0 Å². The molecule has 0 aliphatic heterocycles. The monoisotopic (exact) mass is 366 g/mol. The zero-order chi connectivity index (χ0) is 18.6. The molecule has 5 nitrogen and oxygen atoms in total. The van der Waals surface area contributed by atoms with Gasteiger partial charge in [0.2, 0.25) is 10.0 Å². The van der Waals surface area contributed by atoms with Gasteiger partial charge in [0, 0.05) is 11.6 Å². The highest BCUT2D eigenvalue weighted by atomic mass is 32.2. The predicted octanol–water partition coefficient (Wildman–Crippen LogP) is 3.47. The van der Waals surface area contributed by atoms with Crippen LogP contribution in [-0.4, -0.2) is 24.4 Å². The van der Waals surface area contributed by atoms with Gasteiger partial charge >= 0.3 is 0 Å². The Kier molecular flexibility index (Phi) is 5.21. The zero-order valence-corrected chi connectivity index (χ0v) is 15.1. The molecule has 0 aliphatic rings. The first-order valence-electron chi connectivity index (χ1n) is 8.02. The van der Waals surface area contributed by atoms with Crippen LogP contribution in [0.2, 0.25) is 0 Å². The normalized spacial score (nSPS) is 11.4. The van der Waals surface area contributed by atoms with Crippen molar-refractivity contribution in [2.75, 3.05) is 6.54 Å². The summed E-state index contributed by atoms with van der Waals surface area (Å²) in [6.45, 7) is 1.85. The fourth-order valence-electron chi connectivity index (χ4n) is 2.49. The summed E-state index contributed by atoms with van der Waals surface area (Å²) in [5.41, 5.74) is 2.52. The number of aryl methyl sites for hydroxylation is 1. The van der Waals surface area contributed by atoms with Gasteiger partial charge in [0.15, 0.2) is 5.76 Å². The van der Waals surface area contributed by atoms with E-state index in [4.69, 9.17) is 10.9 Å². The molecule has 1 heterocycles. The number of hydrogen-bond donors (Lipinski definition) is 0. The molecule has 0 radical (unpaired) electrons. The zero-order valence-electron chi connectivity index (χ0n) is 14.3. The molecular formula is C20H18N2O3S. The lowest BCUT2D eigenvalue weighted by Crippen LogP contribution is -2.31. The molecule has 0 saturated carbocycles. The molecule has 0 unspecified atom stereocenters. The van der Waals surface area contributed by atoms with E-state index in [2.05, 4.69) is 11.1 Å². The predicted molar refractivity (Wildman–Crippen MR) is 99.5 cm³/mol. The molecule has 132 valence electrons. The Labute approximate surface area is 153 Å². The average Bonchev–Trinajstić information content (AvgIpc) is 3.11. The molecular weight excluding hydrogens is 348 g/mol.